The number of urea groups is 1. The Morgan fingerprint density at radius 2 is 1.81 bits per heavy atom. The van der Waals surface area contributed by atoms with Crippen LogP contribution < -0.4 is 15.0 Å². The van der Waals surface area contributed by atoms with Gasteiger partial charge in [0.15, 0.2) is 0 Å². The third-order valence-corrected chi connectivity index (χ3v) is 6.48. The van der Waals surface area contributed by atoms with Gasteiger partial charge in [0.05, 0.1) is 18.5 Å². The van der Waals surface area contributed by atoms with E-state index in [0.29, 0.717) is 36.6 Å². The molecule has 1 N–H and O–H groups in total. The summed E-state index contributed by atoms with van der Waals surface area (Å²) in [4.78, 5) is 17.2. The number of amides is 2. The zero-order chi connectivity index (χ0) is 26.6. The molecule has 11 heteroatoms. The number of fused-ring (bicyclic) bond motifs is 1. The van der Waals surface area contributed by atoms with Crippen LogP contribution in [0.25, 0.3) is 0 Å². The van der Waals surface area contributed by atoms with Crippen molar-refractivity contribution in [3.8, 4) is 5.75 Å². The van der Waals surface area contributed by atoms with Crippen molar-refractivity contribution < 1.29 is 27.4 Å². The number of halogens is 3. The smallest absolute Gasteiger partial charge is 0.406 e. The van der Waals surface area contributed by atoms with Crippen LogP contribution in [0.4, 0.5) is 23.7 Å². The van der Waals surface area contributed by atoms with Gasteiger partial charge in [-0.25, -0.2) is 9.80 Å². The van der Waals surface area contributed by atoms with Crippen molar-refractivity contribution in [2.24, 2.45) is 5.10 Å². The summed E-state index contributed by atoms with van der Waals surface area (Å²) >= 11 is 0. The first-order valence-electron chi connectivity index (χ1n) is 12.3. The van der Waals surface area contributed by atoms with Gasteiger partial charge in [0.1, 0.15) is 5.75 Å². The molecule has 0 saturated carbocycles. The molecule has 4 rings (SSSR count). The van der Waals surface area contributed by atoms with E-state index in [2.05, 4.69) is 25.0 Å². The van der Waals surface area contributed by atoms with Gasteiger partial charge in [0.2, 0.25) is 0 Å². The lowest BCUT2D eigenvalue weighted by atomic mass is 9.94. The molecule has 1 atom stereocenters. The number of ether oxygens (including phenoxy) is 2. The van der Waals surface area contributed by atoms with E-state index in [0.717, 1.165) is 37.4 Å². The van der Waals surface area contributed by atoms with Gasteiger partial charge in [0, 0.05) is 56.6 Å². The Balaban J connectivity index is 1.62. The van der Waals surface area contributed by atoms with Crippen LogP contribution in [-0.2, 0) is 11.2 Å². The quantitative estimate of drug-likeness (QED) is 0.624. The Kier molecular flexibility index (Phi) is 8.23. The van der Waals surface area contributed by atoms with Crippen LogP contribution >= 0.6 is 0 Å². The minimum absolute atomic E-state index is 0.301. The Labute approximate surface area is 214 Å². The number of nitrogens with one attached hydrogen (secondary N) is 1. The average molecular weight is 520 g/mol. The van der Waals surface area contributed by atoms with Crippen molar-refractivity contribution in [3.05, 3.63) is 59.2 Å². The topological polar surface area (TPSA) is 69.6 Å². The van der Waals surface area contributed by atoms with Gasteiger partial charge in [-0.3, -0.25) is 4.90 Å². The number of hydrazone groups is 1. The molecule has 2 aromatic rings. The molecule has 2 aromatic carbocycles. The van der Waals surface area contributed by atoms with Crippen LogP contribution in [0.2, 0.25) is 0 Å². The summed E-state index contributed by atoms with van der Waals surface area (Å²) in [5.41, 5.74) is 3.61. The highest BCUT2D eigenvalue weighted by atomic mass is 19.4. The molecule has 1 saturated heterocycles. The van der Waals surface area contributed by atoms with E-state index in [1.807, 2.05) is 31.2 Å². The Morgan fingerprint density at radius 3 is 2.43 bits per heavy atom. The SMILES string of the molecule is CCOCN1CCN(c2ccc(C3=NN(C(=O)NC)C(C)Cc4cc(OC(F)(F)F)ccc43)cc2)CC1. The lowest BCUT2D eigenvalue weighted by Crippen LogP contribution is -2.47. The first-order valence-corrected chi connectivity index (χ1v) is 12.3. The molecule has 8 nitrogen and oxygen atoms in total. The molecule has 1 unspecified atom stereocenters. The van der Waals surface area contributed by atoms with Crippen molar-refractivity contribution in [1.29, 1.82) is 0 Å². The molecule has 0 bridgehead atoms. The summed E-state index contributed by atoms with van der Waals surface area (Å²) in [7, 11) is 1.51. The minimum Gasteiger partial charge on any atom is -0.406 e. The lowest BCUT2D eigenvalue weighted by molar-refractivity contribution is -0.274. The number of nitrogens with zero attached hydrogens (tertiary/aromatic N) is 4. The van der Waals surface area contributed by atoms with Gasteiger partial charge < -0.3 is 19.7 Å². The highest BCUT2D eigenvalue weighted by Gasteiger charge is 2.32. The van der Waals surface area contributed by atoms with Crippen molar-refractivity contribution in [1.82, 2.24) is 15.2 Å². The average Bonchev–Trinajstić information content (AvgIpc) is 3.02. The van der Waals surface area contributed by atoms with Gasteiger partial charge in [-0.2, -0.15) is 5.10 Å². The van der Waals surface area contributed by atoms with Crippen LogP contribution in [-0.4, -0.2) is 80.6 Å². The third kappa shape index (κ3) is 6.53. The second kappa shape index (κ2) is 11.4. The third-order valence-electron chi connectivity index (χ3n) is 6.48. The Hall–Kier alpha value is -3.31. The standard InChI is InChI=1S/C26H32F3N5O3/c1-4-36-17-32-11-13-33(14-12-32)21-7-5-19(6-8-21)24-23-10-9-22(37-26(27,28)29)16-20(23)15-18(2)34(31-24)25(35)30-3/h5-10,16,18H,4,11-15,17H2,1-3H3,(H,30,35). The van der Waals surface area contributed by atoms with Gasteiger partial charge in [-0.1, -0.05) is 12.1 Å². The predicted octanol–water partition coefficient (Wildman–Crippen LogP) is 4.04. The summed E-state index contributed by atoms with van der Waals surface area (Å²) in [5.74, 6) is -0.301. The van der Waals surface area contributed by atoms with Crippen LogP contribution in [0, 0.1) is 0 Å². The van der Waals surface area contributed by atoms with E-state index in [-0.39, 0.29) is 11.8 Å². The van der Waals surface area contributed by atoms with E-state index >= 15 is 0 Å². The van der Waals surface area contributed by atoms with E-state index in [1.165, 1.54) is 24.2 Å². The number of piperazine rings is 1. The molecular weight excluding hydrogens is 487 g/mol. The van der Waals surface area contributed by atoms with Crippen molar-refractivity contribution >= 4 is 17.4 Å². The van der Waals surface area contributed by atoms with Crippen molar-refractivity contribution in [3.63, 3.8) is 0 Å². The summed E-state index contributed by atoms with van der Waals surface area (Å²) < 4.78 is 48.1. The van der Waals surface area contributed by atoms with Crippen LogP contribution in [0.3, 0.4) is 0 Å². The van der Waals surface area contributed by atoms with Crippen molar-refractivity contribution in [2.45, 2.75) is 32.7 Å². The molecule has 2 heterocycles. The molecular formula is C26H32F3N5O3. The summed E-state index contributed by atoms with van der Waals surface area (Å²) in [5, 5.41) is 8.59. The zero-order valence-electron chi connectivity index (χ0n) is 21.2. The minimum atomic E-state index is -4.79. The van der Waals surface area contributed by atoms with E-state index in [9.17, 15) is 18.0 Å². The normalized spacial score (nSPS) is 18.6. The van der Waals surface area contributed by atoms with Crippen molar-refractivity contribution in [2.75, 3.05) is 51.5 Å². The molecule has 2 aliphatic heterocycles. The maximum Gasteiger partial charge on any atom is 0.573 e. The maximum atomic E-state index is 12.8. The Bertz CT molecular complexity index is 1120. The molecule has 2 aliphatic rings. The first-order chi connectivity index (χ1) is 17.7. The highest BCUT2D eigenvalue weighted by Crippen LogP contribution is 2.30. The second-order valence-electron chi connectivity index (χ2n) is 9.04. The summed E-state index contributed by atoms with van der Waals surface area (Å²) in [6, 6.07) is 11.3. The maximum absolute atomic E-state index is 12.8. The van der Waals surface area contributed by atoms with E-state index in [1.54, 1.807) is 13.0 Å². The van der Waals surface area contributed by atoms with Gasteiger partial charge in [0.25, 0.3) is 0 Å². The van der Waals surface area contributed by atoms with Gasteiger partial charge in [-0.05, 0) is 56.2 Å². The van der Waals surface area contributed by atoms with Crippen LogP contribution in [0.1, 0.15) is 30.5 Å². The number of hydrogen-bond donors (Lipinski definition) is 1. The second-order valence-corrected chi connectivity index (χ2v) is 9.04. The Morgan fingerprint density at radius 1 is 1.11 bits per heavy atom. The fraction of sp³-hybridized carbons (Fsp3) is 0.462. The molecule has 0 spiro atoms. The van der Waals surface area contributed by atoms with E-state index < -0.39 is 12.4 Å². The number of anilines is 1. The summed E-state index contributed by atoms with van der Waals surface area (Å²) in [6.45, 7) is 8.68. The van der Waals surface area contributed by atoms with Crippen LogP contribution in [0.15, 0.2) is 47.6 Å². The number of benzene rings is 2. The van der Waals surface area contributed by atoms with Gasteiger partial charge in [-0.15, -0.1) is 13.2 Å². The van der Waals surface area contributed by atoms with Crippen LogP contribution in [0.5, 0.6) is 5.75 Å². The molecule has 0 aliphatic carbocycles. The fourth-order valence-corrected chi connectivity index (χ4v) is 4.59. The number of hydrogen-bond acceptors (Lipinski definition) is 6. The zero-order valence-corrected chi connectivity index (χ0v) is 21.2. The fourth-order valence-electron chi connectivity index (χ4n) is 4.59. The molecule has 0 aromatic heterocycles. The molecule has 0 radical (unpaired) electrons. The number of alkyl halides is 3. The first kappa shape index (κ1) is 26.7. The monoisotopic (exact) mass is 519 g/mol. The van der Waals surface area contributed by atoms with Gasteiger partial charge >= 0.3 is 12.4 Å². The molecule has 37 heavy (non-hydrogen) atoms. The number of carbonyl (C=O) groups is 1. The predicted molar refractivity (Wildman–Crippen MR) is 135 cm³/mol. The molecule has 1 fully saturated rings. The largest absolute Gasteiger partial charge is 0.573 e. The molecule has 2 amide bonds. The molecule has 200 valence electrons. The highest BCUT2D eigenvalue weighted by molar-refractivity contribution is 6.14. The number of rotatable bonds is 6. The van der Waals surface area contributed by atoms with E-state index in [4.69, 9.17) is 4.74 Å². The number of carbonyl (C=O) groups excluding carboxylic acids is 1. The summed E-state index contributed by atoms with van der Waals surface area (Å²) in [6.07, 6.45) is -4.48. The lowest BCUT2D eigenvalue weighted by Gasteiger charge is -2.35.